The third kappa shape index (κ3) is 1.84. The van der Waals surface area contributed by atoms with E-state index in [4.69, 9.17) is 12.2 Å². The molecular formula is C12H12N4OS. The summed E-state index contributed by atoms with van der Waals surface area (Å²) in [5, 5.41) is 9.94. The topological polar surface area (TPSA) is 62.7 Å². The van der Waals surface area contributed by atoms with Crippen LogP contribution < -0.4 is 5.32 Å². The van der Waals surface area contributed by atoms with Crippen molar-refractivity contribution >= 4 is 18.1 Å². The molecule has 6 heteroatoms. The van der Waals surface area contributed by atoms with Crippen LogP contribution in [0.25, 0.3) is 5.69 Å². The van der Waals surface area contributed by atoms with E-state index >= 15 is 0 Å². The number of rotatable bonds is 2. The molecule has 0 radical (unpaired) electrons. The fourth-order valence-corrected chi connectivity index (χ4v) is 2.42. The number of aromatic amines is 1. The smallest absolute Gasteiger partial charge is 0.220 e. The molecule has 0 saturated carbocycles. The highest BCUT2D eigenvalue weighted by Crippen LogP contribution is 2.24. The molecule has 0 spiro atoms. The molecule has 0 bridgehead atoms. The highest BCUT2D eigenvalue weighted by molar-refractivity contribution is 7.71. The maximum atomic E-state index is 11.3. The number of hydrogen-bond acceptors (Lipinski definition) is 3. The van der Waals surface area contributed by atoms with Gasteiger partial charge in [-0.2, -0.15) is 5.10 Å². The lowest BCUT2D eigenvalue weighted by atomic mass is 10.2. The van der Waals surface area contributed by atoms with E-state index in [9.17, 15) is 4.79 Å². The van der Waals surface area contributed by atoms with Gasteiger partial charge in [-0.1, -0.05) is 18.2 Å². The van der Waals surface area contributed by atoms with Gasteiger partial charge in [0, 0.05) is 12.1 Å². The molecule has 1 aliphatic heterocycles. The predicted octanol–water partition coefficient (Wildman–Crippen LogP) is 1.88. The quantitative estimate of drug-likeness (QED) is 0.810. The number of H-pyrrole nitrogens is 1. The molecule has 2 N–H and O–H groups in total. The van der Waals surface area contributed by atoms with Crippen LogP contribution >= 0.6 is 12.2 Å². The average Bonchev–Trinajstić information content (AvgIpc) is 2.96. The SMILES string of the molecule is O=C1CC[C@@H](c2n[nH]c(=S)n2-c2ccccc2)N1. The van der Waals surface area contributed by atoms with Gasteiger partial charge in [0.1, 0.15) is 0 Å². The molecule has 92 valence electrons. The largest absolute Gasteiger partial charge is 0.346 e. The first-order valence-corrected chi connectivity index (χ1v) is 6.18. The lowest BCUT2D eigenvalue weighted by Gasteiger charge is -2.11. The number of carbonyl (C=O) groups is 1. The average molecular weight is 260 g/mol. The molecule has 1 aliphatic rings. The minimum atomic E-state index is -0.0642. The van der Waals surface area contributed by atoms with Crippen LogP contribution in [0.1, 0.15) is 24.7 Å². The Balaban J connectivity index is 2.07. The zero-order valence-electron chi connectivity index (χ0n) is 9.59. The van der Waals surface area contributed by atoms with Gasteiger partial charge in [-0.3, -0.25) is 14.5 Å². The third-order valence-corrected chi connectivity index (χ3v) is 3.29. The molecule has 18 heavy (non-hydrogen) atoms. The Kier molecular flexibility index (Phi) is 2.71. The highest BCUT2D eigenvalue weighted by Gasteiger charge is 2.27. The summed E-state index contributed by atoms with van der Waals surface area (Å²) < 4.78 is 2.41. The van der Waals surface area contributed by atoms with Crippen molar-refractivity contribution in [1.82, 2.24) is 20.1 Å². The van der Waals surface area contributed by atoms with Crippen molar-refractivity contribution in [2.75, 3.05) is 0 Å². The summed E-state index contributed by atoms with van der Waals surface area (Å²) in [6.07, 6.45) is 1.30. The number of hydrogen-bond donors (Lipinski definition) is 2. The van der Waals surface area contributed by atoms with E-state index in [0.29, 0.717) is 11.2 Å². The minimum absolute atomic E-state index is 0.0635. The summed E-state index contributed by atoms with van der Waals surface area (Å²) in [5.41, 5.74) is 0.951. The molecular weight excluding hydrogens is 248 g/mol. The van der Waals surface area contributed by atoms with Crippen molar-refractivity contribution in [3.05, 3.63) is 40.9 Å². The molecule has 2 aromatic rings. The van der Waals surface area contributed by atoms with Gasteiger partial charge in [0.25, 0.3) is 0 Å². The van der Waals surface area contributed by atoms with Gasteiger partial charge in [0.15, 0.2) is 10.6 Å². The molecule has 1 aromatic carbocycles. The normalized spacial score (nSPS) is 18.9. The van der Waals surface area contributed by atoms with E-state index in [2.05, 4.69) is 15.5 Å². The lowest BCUT2D eigenvalue weighted by molar-refractivity contribution is -0.119. The Morgan fingerprint density at radius 2 is 2.11 bits per heavy atom. The predicted molar refractivity (Wildman–Crippen MR) is 68.9 cm³/mol. The van der Waals surface area contributed by atoms with E-state index in [1.165, 1.54) is 0 Å². The lowest BCUT2D eigenvalue weighted by Crippen LogP contribution is -2.21. The fourth-order valence-electron chi connectivity index (χ4n) is 2.18. The standard InChI is InChI=1S/C12H12N4OS/c17-10-7-6-9(13-10)11-14-15-12(18)16(11)8-4-2-1-3-5-8/h1-5,9H,6-7H2,(H,13,17)(H,15,18)/t9-/m0/s1. The Hall–Kier alpha value is -1.95. The maximum Gasteiger partial charge on any atom is 0.220 e. The van der Waals surface area contributed by atoms with Gasteiger partial charge >= 0.3 is 0 Å². The van der Waals surface area contributed by atoms with E-state index in [1.54, 1.807) is 0 Å². The summed E-state index contributed by atoms with van der Waals surface area (Å²) >= 11 is 5.25. The van der Waals surface area contributed by atoms with Crippen LogP contribution in [-0.2, 0) is 4.79 Å². The second kappa shape index (κ2) is 4.38. The van der Waals surface area contributed by atoms with Crippen LogP contribution in [0.3, 0.4) is 0 Å². The number of nitrogens with zero attached hydrogens (tertiary/aromatic N) is 2. The van der Waals surface area contributed by atoms with E-state index in [0.717, 1.165) is 17.9 Å². The fraction of sp³-hybridized carbons (Fsp3) is 0.250. The summed E-state index contributed by atoms with van der Waals surface area (Å²) in [5.74, 6) is 0.825. The van der Waals surface area contributed by atoms with Crippen molar-refractivity contribution in [3.63, 3.8) is 0 Å². The van der Waals surface area contributed by atoms with Gasteiger partial charge in [0.05, 0.1) is 6.04 Å². The molecule has 1 amide bonds. The first-order chi connectivity index (χ1) is 8.75. The van der Waals surface area contributed by atoms with E-state index in [1.807, 2.05) is 34.9 Å². The monoisotopic (exact) mass is 260 g/mol. The molecule has 2 heterocycles. The molecule has 1 aromatic heterocycles. The van der Waals surface area contributed by atoms with Crippen molar-refractivity contribution in [3.8, 4) is 5.69 Å². The Labute approximate surface area is 109 Å². The van der Waals surface area contributed by atoms with E-state index < -0.39 is 0 Å². The minimum Gasteiger partial charge on any atom is -0.346 e. The Morgan fingerprint density at radius 3 is 2.78 bits per heavy atom. The number of carbonyl (C=O) groups excluding carboxylic acids is 1. The van der Waals surface area contributed by atoms with Crippen LogP contribution in [-0.4, -0.2) is 20.7 Å². The zero-order chi connectivity index (χ0) is 12.5. The summed E-state index contributed by atoms with van der Waals surface area (Å²) in [6.45, 7) is 0. The first kappa shape index (κ1) is 11.2. The van der Waals surface area contributed by atoms with E-state index in [-0.39, 0.29) is 11.9 Å². The summed E-state index contributed by atoms with van der Waals surface area (Å²) in [7, 11) is 0. The molecule has 5 nitrogen and oxygen atoms in total. The van der Waals surface area contributed by atoms with Crippen molar-refractivity contribution < 1.29 is 4.79 Å². The van der Waals surface area contributed by atoms with Gasteiger partial charge in [-0.05, 0) is 30.8 Å². The van der Waals surface area contributed by atoms with Crippen molar-refractivity contribution in [2.45, 2.75) is 18.9 Å². The third-order valence-electron chi connectivity index (χ3n) is 3.02. The Morgan fingerprint density at radius 1 is 1.33 bits per heavy atom. The highest BCUT2D eigenvalue weighted by atomic mass is 32.1. The van der Waals surface area contributed by atoms with Crippen molar-refractivity contribution in [2.24, 2.45) is 0 Å². The number of para-hydroxylation sites is 1. The van der Waals surface area contributed by atoms with Gasteiger partial charge in [-0.15, -0.1) is 0 Å². The molecule has 0 aliphatic carbocycles. The molecule has 0 unspecified atom stereocenters. The summed E-state index contributed by atoms with van der Waals surface area (Å²) in [6, 6.07) is 9.70. The molecule has 3 rings (SSSR count). The second-order valence-electron chi connectivity index (χ2n) is 4.22. The first-order valence-electron chi connectivity index (χ1n) is 5.78. The van der Waals surface area contributed by atoms with Crippen LogP contribution in [0.5, 0.6) is 0 Å². The van der Waals surface area contributed by atoms with Crippen LogP contribution in [0.15, 0.2) is 30.3 Å². The van der Waals surface area contributed by atoms with Crippen LogP contribution in [0.2, 0.25) is 0 Å². The van der Waals surface area contributed by atoms with Crippen molar-refractivity contribution in [1.29, 1.82) is 0 Å². The van der Waals surface area contributed by atoms with Crippen LogP contribution in [0.4, 0.5) is 0 Å². The van der Waals surface area contributed by atoms with Gasteiger partial charge in [0.2, 0.25) is 5.91 Å². The maximum absolute atomic E-state index is 11.3. The number of aromatic nitrogens is 3. The number of benzene rings is 1. The van der Waals surface area contributed by atoms with Gasteiger partial charge in [-0.25, -0.2) is 0 Å². The van der Waals surface area contributed by atoms with Crippen LogP contribution in [0, 0.1) is 4.77 Å². The number of nitrogens with one attached hydrogen (secondary N) is 2. The number of amides is 1. The molecule has 1 atom stereocenters. The Bertz CT molecular complexity index is 631. The van der Waals surface area contributed by atoms with Gasteiger partial charge < -0.3 is 5.32 Å². The second-order valence-corrected chi connectivity index (χ2v) is 4.60. The molecule has 1 fully saturated rings. The zero-order valence-corrected chi connectivity index (χ0v) is 10.4. The molecule has 1 saturated heterocycles. The summed E-state index contributed by atoms with van der Waals surface area (Å²) in [4.78, 5) is 11.3.